The molecule has 106 valence electrons. The fourth-order valence-corrected chi connectivity index (χ4v) is 2.21. The van der Waals surface area contributed by atoms with Crippen LogP contribution >= 0.6 is 0 Å². The third-order valence-electron chi connectivity index (χ3n) is 3.42. The zero-order valence-corrected chi connectivity index (χ0v) is 12.1. The monoisotopic (exact) mass is 279 g/mol. The van der Waals surface area contributed by atoms with Crippen LogP contribution in [0.5, 0.6) is 0 Å². The molecule has 0 aliphatic rings. The van der Waals surface area contributed by atoms with Gasteiger partial charge >= 0.3 is 0 Å². The minimum Gasteiger partial charge on any atom is -0.378 e. The first-order valence-corrected chi connectivity index (χ1v) is 6.89. The van der Waals surface area contributed by atoms with Gasteiger partial charge in [-0.2, -0.15) is 0 Å². The molecule has 5 heteroatoms. The highest BCUT2D eigenvalue weighted by molar-refractivity contribution is 5.52. The van der Waals surface area contributed by atoms with Crippen LogP contribution < -0.4 is 5.32 Å². The summed E-state index contributed by atoms with van der Waals surface area (Å²) < 4.78 is 1.64. The molecular weight excluding hydrogens is 262 g/mol. The highest BCUT2D eigenvalue weighted by atomic mass is 15.5. The summed E-state index contributed by atoms with van der Waals surface area (Å²) in [5.74, 6) is 0. The molecule has 0 bridgehead atoms. The summed E-state index contributed by atoms with van der Waals surface area (Å²) in [6, 6.07) is 16.8. The second-order valence-electron chi connectivity index (χ2n) is 5.08. The van der Waals surface area contributed by atoms with E-state index in [0.717, 1.165) is 11.4 Å². The molecule has 1 heterocycles. The number of aromatic nitrogens is 4. The Hall–Kier alpha value is -2.69. The lowest BCUT2D eigenvalue weighted by Gasteiger charge is -2.16. The number of hydrogen-bond donors (Lipinski definition) is 1. The molecule has 2 aromatic carbocycles. The van der Waals surface area contributed by atoms with Gasteiger partial charge in [-0.05, 0) is 48.0 Å². The number of anilines is 1. The van der Waals surface area contributed by atoms with Crippen molar-refractivity contribution in [1.82, 2.24) is 20.2 Å². The first-order valence-electron chi connectivity index (χ1n) is 6.89. The van der Waals surface area contributed by atoms with Crippen LogP contribution in [0.3, 0.4) is 0 Å². The Kier molecular flexibility index (Phi) is 3.64. The summed E-state index contributed by atoms with van der Waals surface area (Å²) >= 11 is 0. The van der Waals surface area contributed by atoms with Crippen molar-refractivity contribution in [3.8, 4) is 5.69 Å². The molecule has 3 rings (SSSR count). The number of nitrogens with zero attached hydrogens (tertiary/aromatic N) is 4. The molecule has 0 radical (unpaired) electrons. The van der Waals surface area contributed by atoms with Gasteiger partial charge in [-0.1, -0.05) is 35.9 Å². The summed E-state index contributed by atoms with van der Waals surface area (Å²) in [4.78, 5) is 0. The smallest absolute Gasteiger partial charge is 0.143 e. The van der Waals surface area contributed by atoms with Gasteiger partial charge in [-0.25, -0.2) is 4.68 Å². The minimum atomic E-state index is 0.231. The maximum atomic E-state index is 3.90. The molecule has 0 fully saturated rings. The quantitative estimate of drug-likeness (QED) is 0.797. The highest BCUT2D eigenvalue weighted by Gasteiger charge is 2.06. The maximum Gasteiger partial charge on any atom is 0.143 e. The molecule has 21 heavy (non-hydrogen) atoms. The Bertz CT molecular complexity index is 704. The van der Waals surface area contributed by atoms with Crippen molar-refractivity contribution >= 4 is 5.69 Å². The Balaban J connectivity index is 1.78. The Morgan fingerprint density at radius 2 is 1.90 bits per heavy atom. The lowest BCUT2D eigenvalue weighted by molar-refractivity contribution is 0.788. The number of nitrogens with one attached hydrogen (secondary N) is 1. The summed E-state index contributed by atoms with van der Waals surface area (Å²) in [5.41, 5.74) is 4.50. The van der Waals surface area contributed by atoms with Crippen LogP contribution in [0, 0.1) is 6.92 Å². The van der Waals surface area contributed by atoms with Crippen molar-refractivity contribution < 1.29 is 0 Å². The van der Waals surface area contributed by atoms with Crippen LogP contribution in [0.25, 0.3) is 5.69 Å². The standard InChI is InChI=1S/C16H17N5/c1-12-6-8-14(9-7-12)13(2)18-15-4-3-5-16(10-15)21-11-17-19-20-21/h3-11,13,18H,1-2H3. The predicted octanol–water partition coefficient (Wildman–Crippen LogP) is 3.14. The first kappa shape index (κ1) is 13.3. The highest BCUT2D eigenvalue weighted by Crippen LogP contribution is 2.21. The molecule has 0 amide bonds. The number of hydrogen-bond acceptors (Lipinski definition) is 4. The molecule has 0 spiro atoms. The molecule has 5 nitrogen and oxygen atoms in total. The molecule has 0 aliphatic heterocycles. The van der Waals surface area contributed by atoms with E-state index in [9.17, 15) is 0 Å². The molecule has 0 saturated carbocycles. The van der Waals surface area contributed by atoms with Crippen LogP contribution in [0.1, 0.15) is 24.1 Å². The number of tetrazole rings is 1. The topological polar surface area (TPSA) is 55.6 Å². The molecular formula is C16H17N5. The lowest BCUT2D eigenvalue weighted by atomic mass is 10.1. The second-order valence-corrected chi connectivity index (χ2v) is 5.08. The maximum absolute atomic E-state index is 3.90. The average molecular weight is 279 g/mol. The Morgan fingerprint density at radius 3 is 2.62 bits per heavy atom. The fraction of sp³-hybridized carbons (Fsp3) is 0.188. The Morgan fingerprint density at radius 1 is 1.10 bits per heavy atom. The third kappa shape index (κ3) is 3.08. The van der Waals surface area contributed by atoms with E-state index in [4.69, 9.17) is 0 Å². The van der Waals surface area contributed by atoms with Crippen molar-refractivity contribution in [1.29, 1.82) is 0 Å². The summed E-state index contributed by atoms with van der Waals surface area (Å²) in [6.07, 6.45) is 1.59. The van der Waals surface area contributed by atoms with Crippen LogP contribution in [0.2, 0.25) is 0 Å². The van der Waals surface area contributed by atoms with E-state index >= 15 is 0 Å². The fourth-order valence-electron chi connectivity index (χ4n) is 2.21. The van der Waals surface area contributed by atoms with E-state index in [1.165, 1.54) is 11.1 Å². The van der Waals surface area contributed by atoms with E-state index in [0.29, 0.717) is 0 Å². The van der Waals surface area contributed by atoms with Crippen LogP contribution in [0.15, 0.2) is 54.9 Å². The molecule has 1 N–H and O–H groups in total. The molecule has 1 unspecified atom stereocenters. The normalized spacial score (nSPS) is 12.1. The van der Waals surface area contributed by atoms with Gasteiger partial charge in [-0.15, -0.1) is 5.10 Å². The van der Waals surface area contributed by atoms with Crippen molar-refractivity contribution in [3.63, 3.8) is 0 Å². The van der Waals surface area contributed by atoms with Crippen molar-refractivity contribution in [2.75, 3.05) is 5.32 Å². The minimum absolute atomic E-state index is 0.231. The van der Waals surface area contributed by atoms with E-state index in [2.05, 4.69) is 59.0 Å². The zero-order chi connectivity index (χ0) is 14.7. The van der Waals surface area contributed by atoms with E-state index in [1.807, 2.05) is 24.3 Å². The van der Waals surface area contributed by atoms with Gasteiger partial charge in [0.05, 0.1) is 5.69 Å². The average Bonchev–Trinajstić information content (AvgIpc) is 3.02. The van der Waals surface area contributed by atoms with Gasteiger partial charge in [0.15, 0.2) is 0 Å². The summed E-state index contributed by atoms with van der Waals surface area (Å²) in [7, 11) is 0. The SMILES string of the molecule is Cc1ccc(C(C)Nc2cccc(-n3cnnn3)c2)cc1. The van der Waals surface area contributed by atoms with Crippen LogP contribution in [-0.2, 0) is 0 Å². The van der Waals surface area contributed by atoms with Crippen LogP contribution in [-0.4, -0.2) is 20.2 Å². The van der Waals surface area contributed by atoms with Crippen molar-refractivity contribution in [2.45, 2.75) is 19.9 Å². The van der Waals surface area contributed by atoms with E-state index < -0.39 is 0 Å². The van der Waals surface area contributed by atoms with Gasteiger partial charge in [0, 0.05) is 11.7 Å². The summed E-state index contributed by atoms with van der Waals surface area (Å²) in [6.45, 7) is 4.24. The van der Waals surface area contributed by atoms with Crippen molar-refractivity contribution in [2.24, 2.45) is 0 Å². The Labute approximate surface area is 123 Å². The van der Waals surface area contributed by atoms with Gasteiger partial charge in [0.2, 0.25) is 0 Å². The summed E-state index contributed by atoms with van der Waals surface area (Å²) in [5, 5.41) is 14.7. The second kappa shape index (κ2) is 5.75. The zero-order valence-electron chi connectivity index (χ0n) is 12.1. The van der Waals surface area contributed by atoms with E-state index in [1.54, 1.807) is 11.0 Å². The largest absolute Gasteiger partial charge is 0.378 e. The molecule has 3 aromatic rings. The lowest BCUT2D eigenvalue weighted by Crippen LogP contribution is -2.07. The molecule has 1 aromatic heterocycles. The molecule has 0 saturated heterocycles. The van der Waals surface area contributed by atoms with Gasteiger partial charge in [0.25, 0.3) is 0 Å². The number of rotatable bonds is 4. The van der Waals surface area contributed by atoms with Gasteiger partial charge in [-0.3, -0.25) is 0 Å². The third-order valence-corrected chi connectivity index (χ3v) is 3.42. The van der Waals surface area contributed by atoms with Gasteiger partial charge < -0.3 is 5.32 Å². The van der Waals surface area contributed by atoms with Gasteiger partial charge in [0.1, 0.15) is 6.33 Å². The molecule has 1 atom stereocenters. The number of aryl methyl sites for hydroxylation is 1. The van der Waals surface area contributed by atoms with Crippen molar-refractivity contribution in [3.05, 3.63) is 66.0 Å². The predicted molar refractivity (Wildman–Crippen MR) is 82.4 cm³/mol. The number of benzene rings is 2. The van der Waals surface area contributed by atoms with E-state index in [-0.39, 0.29) is 6.04 Å². The van der Waals surface area contributed by atoms with Crippen LogP contribution in [0.4, 0.5) is 5.69 Å². The molecule has 0 aliphatic carbocycles. The first-order chi connectivity index (χ1) is 10.2.